The van der Waals surface area contributed by atoms with Gasteiger partial charge in [-0.2, -0.15) is 0 Å². The van der Waals surface area contributed by atoms with Crippen LogP contribution in [0.3, 0.4) is 0 Å². The van der Waals surface area contributed by atoms with E-state index in [4.69, 9.17) is 16.3 Å². The van der Waals surface area contributed by atoms with Crippen molar-refractivity contribution in [3.63, 3.8) is 0 Å². The Bertz CT molecular complexity index is 1110. The maximum Gasteiger partial charge on any atom is 0.257 e. The number of thiazole rings is 1. The number of methoxy groups -OCH3 is 1. The molecule has 3 aromatic rings. The fraction of sp³-hybridized carbons (Fsp3) is 0.292. The summed E-state index contributed by atoms with van der Waals surface area (Å²) in [5.74, 6) is 0.254. The van der Waals surface area contributed by atoms with Crippen LogP contribution in [0.1, 0.15) is 45.3 Å². The van der Waals surface area contributed by atoms with Crippen LogP contribution in [0.2, 0.25) is 5.02 Å². The van der Waals surface area contributed by atoms with Gasteiger partial charge in [0.15, 0.2) is 5.13 Å². The van der Waals surface area contributed by atoms with E-state index in [0.717, 1.165) is 47.6 Å². The van der Waals surface area contributed by atoms with Crippen LogP contribution in [0.5, 0.6) is 5.75 Å². The van der Waals surface area contributed by atoms with Crippen LogP contribution in [0.15, 0.2) is 48.5 Å². The number of rotatable bonds is 7. The number of benzene rings is 2. The number of aryl methyl sites for hydroxylation is 1. The molecule has 0 unspecified atom stereocenters. The molecule has 0 radical (unpaired) electrons. The maximum absolute atomic E-state index is 12.9. The van der Waals surface area contributed by atoms with E-state index >= 15 is 0 Å². The average Bonchev–Trinajstić information content (AvgIpc) is 3.22. The second-order valence-corrected chi connectivity index (χ2v) is 9.15. The zero-order chi connectivity index (χ0) is 22.5. The number of ether oxygens (including phenoxy) is 1. The van der Waals surface area contributed by atoms with Crippen LogP contribution in [0, 0.1) is 0 Å². The minimum atomic E-state index is -0.290. The zero-order valence-electron chi connectivity index (χ0n) is 17.7. The smallest absolute Gasteiger partial charge is 0.257 e. The number of aromatic nitrogens is 1. The molecule has 166 valence electrons. The lowest BCUT2D eigenvalue weighted by atomic mass is 9.90. The second kappa shape index (κ2) is 10.1. The lowest BCUT2D eigenvalue weighted by Crippen LogP contribution is -2.32. The number of anilines is 1. The van der Waals surface area contributed by atoms with Gasteiger partial charge >= 0.3 is 0 Å². The van der Waals surface area contributed by atoms with Crippen molar-refractivity contribution < 1.29 is 14.3 Å². The molecule has 2 amide bonds. The summed E-state index contributed by atoms with van der Waals surface area (Å²) in [6.45, 7) is 0.544. The first-order valence-electron chi connectivity index (χ1n) is 10.5. The molecule has 0 aliphatic heterocycles. The molecule has 4 rings (SSSR count). The molecule has 0 spiro atoms. The van der Waals surface area contributed by atoms with Crippen molar-refractivity contribution in [2.75, 3.05) is 19.0 Å². The highest BCUT2D eigenvalue weighted by molar-refractivity contribution is 7.16. The molecule has 6 nitrogen and oxygen atoms in total. The Morgan fingerprint density at radius 3 is 2.81 bits per heavy atom. The number of nitrogens with one attached hydrogen (secondary N) is 2. The Morgan fingerprint density at radius 1 is 1.22 bits per heavy atom. The van der Waals surface area contributed by atoms with E-state index in [0.29, 0.717) is 22.3 Å². The van der Waals surface area contributed by atoms with Crippen molar-refractivity contribution in [2.45, 2.75) is 31.6 Å². The highest BCUT2D eigenvalue weighted by Crippen LogP contribution is 2.37. The largest absolute Gasteiger partial charge is 0.497 e. The van der Waals surface area contributed by atoms with E-state index in [9.17, 15) is 9.59 Å². The molecule has 1 heterocycles. The van der Waals surface area contributed by atoms with E-state index in [1.165, 1.54) is 11.3 Å². The molecule has 8 heteroatoms. The van der Waals surface area contributed by atoms with Crippen molar-refractivity contribution in [1.29, 1.82) is 0 Å². The van der Waals surface area contributed by atoms with Gasteiger partial charge in [-0.3, -0.25) is 14.9 Å². The summed E-state index contributed by atoms with van der Waals surface area (Å²) in [5.41, 5.74) is 2.40. The van der Waals surface area contributed by atoms with Crippen LogP contribution in [-0.2, 0) is 17.6 Å². The standard InChI is InChI=1S/C24H24ClN3O3S/c1-31-18-5-2-4-15(14-18)12-13-26-23(30)19-6-3-7-20-21(19)27-24(32-20)28-22(29)16-8-10-17(25)11-9-16/h2,4-5,8-11,14,19H,3,6-7,12-13H2,1H3,(H,26,30)(H,27,28,29)/t19-/m0/s1. The second-order valence-electron chi connectivity index (χ2n) is 7.63. The van der Waals surface area contributed by atoms with E-state index in [1.54, 1.807) is 31.4 Å². The van der Waals surface area contributed by atoms with Gasteiger partial charge in [-0.15, -0.1) is 11.3 Å². The van der Waals surface area contributed by atoms with Crippen LogP contribution in [0.25, 0.3) is 0 Å². The summed E-state index contributed by atoms with van der Waals surface area (Å²) < 4.78 is 5.25. The molecule has 1 aliphatic rings. The minimum absolute atomic E-state index is 0.0188. The first kappa shape index (κ1) is 22.3. The van der Waals surface area contributed by atoms with Crippen molar-refractivity contribution >= 4 is 39.9 Å². The van der Waals surface area contributed by atoms with Gasteiger partial charge in [0.1, 0.15) is 5.75 Å². The van der Waals surface area contributed by atoms with Gasteiger partial charge in [0, 0.05) is 22.0 Å². The summed E-state index contributed by atoms with van der Waals surface area (Å²) in [6.07, 6.45) is 3.28. The number of nitrogens with zero attached hydrogens (tertiary/aromatic N) is 1. The summed E-state index contributed by atoms with van der Waals surface area (Å²) in [6, 6.07) is 14.5. The quantitative estimate of drug-likeness (QED) is 0.519. The molecule has 1 atom stereocenters. The highest BCUT2D eigenvalue weighted by atomic mass is 35.5. The molecule has 0 saturated carbocycles. The Kier molecular flexibility index (Phi) is 7.07. The Balaban J connectivity index is 1.38. The van der Waals surface area contributed by atoms with Crippen molar-refractivity contribution in [1.82, 2.24) is 10.3 Å². The van der Waals surface area contributed by atoms with Gasteiger partial charge in [0.05, 0.1) is 18.7 Å². The molecule has 2 aromatic carbocycles. The number of amides is 2. The van der Waals surface area contributed by atoms with Crippen LogP contribution < -0.4 is 15.4 Å². The number of hydrogen-bond donors (Lipinski definition) is 2. The molecule has 0 fully saturated rings. The van der Waals surface area contributed by atoms with Crippen LogP contribution in [-0.4, -0.2) is 30.5 Å². The van der Waals surface area contributed by atoms with E-state index in [1.807, 2.05) is 24.3 Å². The number of halogens is 1. The average molecular weight is 470 g/mol. The molecule has 1 aliphatic carbocycles. The van der Waals surface area contributed by atoms with E-state index in [2.05, 4.69) is 15.6 Å². The van der Waals surface area contributed by atoms with Crippen LogP contribution in [0.4, 0.5) is 5.13 Å². The lowest BCUT2D eigenvalue weighted by molar-refractivity contribution is -0.122. The predicted molar refractivity (Wildman–Crippen MR) is 127 cm³/mol. The number of hydrogen-bond acceptors (Lipinski definition) is 5. The summed E-state index contributed by atoms with van der Waals surface area (Å²) in [7, 11) is 1.64. The van der Waals surface area contributed by atoms with E-state index < -0.39 is 0 Å². The lowest BCUT2D eigenvalue weighted by Gasteiger charge is -2.20. The Morgan fingerprint density at radius 2 is 2.03 bits per heavy atom. The SMILES string of the molecule is COc1cccc(CCNC(=O)[C@H]2CCCc3sc(NC(=O)c4ccc(Cl)cc4)nc32)c1. The van der Waals surface area contributed by atoms with E-state index in [-0.39, 0.29) is 17.7 Å². The third kappa shape index (κ3) is 5.29. The first-order chi connectivity index (χ1) is 15.5. The third-order valence-corrected chi connectivity index (χ3v) is 6.74. The topological polar surface area (TPSA) is 80.3 Å². The van der Waals surface area contributed by atoms with Crippen molar-refractivity contribution in [2.24, 2.45) is 0 Å². The number of carbonyl (C=O) groups excluding carboxylic acids is 2. The molecule has 1 aromatic heterocycles. The molecule has 0 saturated heterocycles. The highest BCUT2D eigenvalue weighted by Gasteiger charge is 2.30. The van der Waals surface area contributed by atoms with Gasteiger partial charge < -0.3 is 10.1 Å². The normalized spacial score (nSPS) is 15.0. The molecule has 2 N–H and O–H groups in total. The third-order valence-electron chi connectivity index (χ3n) is 5.44. The Labute approximate surface area is 196 Å². The molecular weight excluding hydrogens is 446 g/mol. The predicted octanol–water partition coefficient (Wildman–Crippen LogP) is 4.84. The number of carbonyl (C=O) groups is 2. The molecule has 32 heavy (non-hydrogen) atoms. The van der Waals surface area contributed by atoms with Gasteiger partial charge in [-0.1, -0.05) is 23.7 Å². The fourth-order valence-electron chi connectivity index (χ4n) is 3.78. The van der Waals surface area contributed by atoms with Crippen molar-refractivity contribution in [3.8, 4) is 5.75 Å². The number of fused-ring (bicyclic) bond motifs is 1. The first-order valence-corrected chi connectivity index (χ1v) is 11.7. The zero-order valence-corrected chi connectivity index (χ0v) is 19.3. The summed E-state index contributed by atoms with van der Waals surface area (Å²) >= 11 is 7.33. The minimum Gasteiger partial charge on any atom is -0.497 e. The summed E-state index contributed by atoms with van der Waals surface area (Å²) in [5, 5.41) is 6.99. The van der Waals surface area contributed by atoms with Gasteiger partial charge in [0.25, 0.3) is 5.91 Å². The van der Waals surface area contributed by atoms with Gasteiger partial charge in [-0.05, 0) is 67.6 Å². The Hall–Kier alpha value is -2.90. The fourth-order valence-corrected chi connectivity index (χ4v) is 4.96. The molecular formula is C24H24ClN3O3S. The van der Waals surface area contributed by atoms with Gasteiger partial charge in [-0.25, -0.2) is 4.98 Å². The monoisotopic (exact) mass is 469 g/mol. The molecule has 0 bridgehead atoms. The maximum atomic E-state index is 12.9. The summed E-state index contributed by atoms with van der Waals surface area (Å²) in [4.78, 5) is 31.1. The van der Waals surface area contributed by atoms with Crippen LogP contribution >= 0.6 is 22.9 Å². The van der Waals surface area contributed by atoms with Crippen molar-refractivity contribution in [3.05, 3.63) is 75.3 Å². The van der Waals surface area contributed by atoms with Gasteiger partial charge in [0.2, 0.25) is 5.91 Å².